The van der Waals surface area contributed by atoms with Crippen molar-refractivity contribution < 1.29 is 36.7 Å². The van der Waals surface area contributed by atoms with Crippen LogP contribution in [0.15, 0.2) is 47.6 Å². The van der Waals surface area contributed by atoms with Crippen LogP contribution in [0.4, 0.5) is 17.6 Å². The third-order valence-corrected chi connectivity index (χ3v) is 14.7. The van der Waals surface area contributed by atoms with Gasteiger partial charge in [-0.1, -0.05) is 38.5 Å². The Morgan fingerprint density at radius 1 is 0.519 bits per heavy atom. The summed E-state index contributed by atoms with van der Waals surface area (Å²) in [5, 5.41) is 0. The van der Waals surface area contributed by atoms with Crippen molar-refractivity contribution in [2.45, 2.75) is 75.0 Å². The molecule has 2 fully saturated rings. The molecule has 0 atom stereocenters. The number of carbonyl (C=O) groups excluding carboxylic acids is 4. The summed E-state index contributed by atoms with van der Waals surface area (Å²) in [6, 6.07) is 3.40. The predicted molar refractivity (Wildman–Crippen MR) is 193 cm³/mol. The van der Waals surface area contributed by atoms with Crippen LogP contribution in [-0.2, 0) is 20.4 Å². The summed E-state index contributed by atoms with van der Waals surface area (Å²) >= 11 is 3.37. The van der Waals surface area contributed by atoms with Gasteiger partial charge in [0.2, 0.25) is 23.1 Å². The fraction of sp³-hybridized carbons (Fsp3) is 0.286. The smallest absolute Gasteiger partial charge is 0.237 e. The van der Waals surface area contributed by atoms with Gasteiger partial charge in [0.15, 0.2) is 0 Å². The largest absolute Gasteiger partial charge is 0.285 e. The number of allylic oxidation sites excluding steroid dienone is 6. The van der Waals surface area contributed by atoms with Crippen molar-refractivity contribution in [1.29, 1.82) is 0 Å². The number of hydrogen-bond acceptors (Lipinski definition) is 6. The second kappa shape index (κ2) is 11.0. The van der Waals surface area contributed by atoms with Crippen LogP contribution in [0.3, 0.4) is 0 Å². The Labute approximate surface area is 303 Å². The van der Waals surface area contributed by atoms with E-state index in [9.17, 15) is 36.7 Å². The van der Waals surface area contributed by atoms with Crippen molar-refractivity contribution in [3.8, 4) is 0 Å². The predicted octanol–water partition coefficient (Wildman–Crippen LogP) is 10.4. The molecule has 2 aromatic carbocycles. The van der Waals surface area contributed by atoms with E-state index >= 15 is 0 Å². The van der Waals surface area contributed by atoms with Gasteiger partial charge in [-0.2, -0.15) is 0 Å². The zero-order chi connectivity index (χ0) is 35.8. The summed E-state index contributed by atoms with van der Waals surface area (Å²) in [6.07, 6.45) is 16.9. The van der Waals surface area contributed by atoms with E-state index < -0.39 is 57.2 Å². The fourth-order valence-electron chi connectivity index (χ4n) is 10.0. The number of carbonyl (C=O) groups is 4. The Morgan fingerprint density at radius 3 is 1.29 bits per heavy atom. The van der Waals surface area contributed by atoms with Gasteiger partial charge < -0.3 is 0 Å². The molecule has 2 aromatic heterocycles. The molecule has 0 unspecified atom stereocenters. The first kappa shape index (κ1) is 32.1. The van der Waals surface area contributed by atoms with E-state index in [4.69, 9.17) is 0 Å². The van der Waals surface area contributed by atoms with E-state index in [2.05, 4.69) is 12.2 Å². The van der Waals surface area contributed by atoms with Crippen LogP contribution >= 0.6 is 22.7 Å². The van der Waals surface area contributed by atoms with E-state index in [1.165, 1.54) is 11.1 Å². The number of fused-ring (bicyclic) bond motifs is 9. The summed E-state index contributed by atoms with van der Waals surface area (Å²) in [4.78, 5) is 54.4. The molecule has 6 aliphatic rings. The maximum atomic E-state index is 14.7. The minimum absolute atomic E-state index is 0.00330. The van der Waals surface area contributed by atoms with E-state index in [1.54, 1.807) is 34.8 Å². The van der Waals surface area contributed by atoms with Gasteiger partial charge in [0.25, 0.3) is 0 Å². The molecule has 260 valence electrons. The summed E-state index contributed by atoms with van der Waals surface area (Å²) < 4.78 is 60.6. The van der Waals surface area contributed by atoms with E-state index in [1.807, 2.05) is 0 Å². The lowest BCUT2D eigenvalue weighted by atomic mass is 9.66. The van der Waals surface area contributed by atoms with Gasteiger partial charge in [0, 0.05) is 55.0 Å². The highest BCUT2D eigenvalue weighted by molar-refractivity contribution is 7.29. The van der Waals surface area contributed by atoms with Gasteiger partial charge in [0.1, 0.15) is 23.3 Å². The number of rotatable bonds is 2. The number of hydrogen-bond donors (Lipinski definition) is 0. The SMILES string of the molecule is O=C1C(=O)c2c(F)cc(F)cc2/C1=C/C1=Cc2sc3c4c(sc3c2C12CCCCC2)C=C(/C=C1\C(=O)C(=O)c2c(F)cc(F)cc21)C41CCCCC1. The zero-order valence-electron chi connectivity index (χ0n) is 27.7. The van der Waals surface area contributed by atoms with Gasteiger partial charge in [-0.15, -0.1) is 22.7 Å². The molecule has 52 heavy (non-hydrogen) atoms. The van der Waals surface area contributed by atoms with Gasteiger partial charge in [0.05, 0.1) is 20.5 Å². The van der Waals surface area contributed by atoms with Crippen LogP contribution in [0.25, 0.3) is 32.7 Å². The molecule has 4 nitrogen and oxygen atoms in total. The molecule has 0 bridgehead atoms. The number of halogens is 4. The summed E-state index contributed by atoms with van der Waals surface area (Å²) in [5.41, 5.74) is 2.60. The van der Waals surface area contributed by atoms with Crippen LogP contribution in [0.2, 0.25) is 0 Å². The number of ketones is 4. The minimum atomic E-state index is -1.04. The first-order valence-electron chi connectivity index (χ1n) is 17.7. The van der Waals surface area contributed by atoms with Crippen LogP contribution in [0, 0.1) is 23.3 Å². The van der Waals surface area contributed by atoms with Crippen molar-refractivity contribution in [2.24, 2.45) is 0 Å². The maximum Gasteiger partial charge on any atom is 0.237 e. The van der Waals surface area contributed by atoms with Crippen molar-refractivity contribution in [2.75, 3.05) is 0 Å². The van der Waals surface area contributed by atoms with E-state index in [0.717, 1.165) is 107 Å². The Balaban J connectivity index is 1.13. The standard InChI is InChI=1S/C42H28F4O4S2/c43-21-15-23-25(35(47)37(49)31(23)27(45)17-21)11-19-13-29-33(41(19)7-3-1-4-8-41)39-40(51-29)34-30(52-39)14-20(42(34)9-5-2-6-10-42)12-26-24-16-22(44)18-28(46)32(24)38(50)36(26)48/h11-18H,1-10H2/b25-11-,26-12-. The number of thiophene rings is 2. The Kier molecular flexibility index (Phi) is 6.79. The minimum Gasteiger partial charge on any atom is -0.285 e. The molecule has 6 aliphatic carbocycles. The fourth-order valence-corrected chi connectivity index (χ4v) is 13.2. The monoisotopic (exact) mass is 736 g/mol. The lowest BCUT2D eigenvalue weighted by Gasteiger charge is -2.37. The number of benzene rings is 2. The molecule has 0 amide bonds. The Bertz CT molecular complexity index is 2370. The molecule has 0 saturated heterocycles. The van der Waals surface area contributed by atoms with Gasteiger partial charge in [-0.3, -0.25) is 19.2 Å². The van der Waals surface area contributed by atoms with Crippen molar-refractivity contribution in [3.63, 3.8) is 0 Å². The van der Waals surface area contributed by atoms with Crippen molar-refractivity contribution in [1.82, 2.24) is 0 Å². The van der Waals surface area contributed by atoms with Crippen LogP contribution in [0.5, 0.6) is 0 Å². The van der Waals surface area contributed by atoms with Crippen LogP contribution in [-0.4, -0.2) is 23.1 Å². The highest BCUT2D eigenvalue weighted by Crippen LogP contribution is 2.63. The van der Waals surface area contributed by atoms with Crippen molar-refractivity contribution >= 4 is 78.5 Å². The first-order valence-corrected chi connectivity index (χ1v) is 19.3. The van der Waals surface area contributed by atoms with Gasteiger partial charge in [-0.25, -0.2) is 17.6 Å². The molecule has 0 radical (unpaired) electrons. The summed E-state index contributed by atoms with van der Waals surface area (Å²) in [6.45, 7) is 0. The molecular weight excluding hydrogens is 709 g/mol. The zero-order valence-corrected chi connectivity index (χ0v) is 29.3. The molecule has 0 N–H and O–H groups in total. The lowest BCUT2D eigenvalue weighted by molar-refractivity contribution is -0.110. The lowest BCUT2D eigenvalue weighted by Crippen LogP contribution is -2.29. The third kappa shape index (κ3) is 4.13. The average molecular weight is 737 g/mol. The van der Waals surface area contributed by atoms with E-state index in [0.29, 0.717) is 12.1 Å². The average Bonchev–Trinajstić information content (AvgIpc) is 3.89. The first-order chi connectivity index (χ1) is 25.0. The highest BCUT2D eigenvalue weighted by Gasteiger charge is 2.50. The molecule has 2 spiro atoms. The number of Topliss-reactive ketones (excluding diaryl/α,β-unsaturated/α-hetero) is 4. The molecule has 4 aromatic rings. The van der Waals surface area contributed by atoms with Crippen LogP contribution in [0.1, 0.15) is 117 Å². The second-order valence-electron chi connectivity index (χ2n) is 14.9. The highest BCUT2D eigenvalue weighted by atomic mass is 32.1. The van der Waals surface area contributed by atoms with E-state index in [-0.39, 0.29) is 33.4 Å². The molecule has 0 aliphatic heterocycles. The second-order valence-corrected chi connectivity index (χ2v) is 17.0. The molecular formula is C42H28F4O4S2. The molecule has 2 heterocycles. The van der Waals surface area contributed by atoms with Crippen LogP contribution < -0.4 is 0 Å². The van der Waals surface area contributed by atoms with Gasteiger partial charge in [-0.05, 0) is 84.4 Å². The summed E-state index contributed by atoms with van der Waals surface area (Å²) in [5.74, 6) is -7.35. The quantitative estimate of drug-likeness (QED) is 0.117. The third-order valence-electron chi connectivity index (χ3n) is 12.3. The Hall–Kier alpha value is -4.54. The molecule has 10 heteroatoms. The summed E-state index contributed by atoms with van der Waals surface area (Å²) in [7, 11) is 0. The molecule has 2 saturated carbocycles. The normalized spacial score (nSPS) is 22.6. The maximum absolute atomic E-state index is 14.7. The van der Waals surface area contributed by atoms with Crippen molar-refractivity contribution in [3.05, 3.63) is 114 Å². The Morgan fingerprint density at radius 2 is 0.904 bits per heavy atom. The topological polar surface area (TPSA) is 68.3 Å². The molecule has 10 rings (SSSR count). The van der Waals surface area contributed by atoms with Gasteiger partial charge >= 0.3 is 0 Å².